The maximum Gasteiger partial charge on any atom is 0.337 e. The molecule has 21 heavy (non-hydrogen) atoms. The summed E-state index contributed by atoms with van der Waals surface area (Å²) in [7, 11) is 4.63. The van der Waals surface area contributed by atoms with Gasteiger partial charge in [0, 0.05) is 20.7 Å². The van der Waals surface area contributed by atoms with Crippen molar-refractivity contribution in [3.63, 3.8) is 0 Å². The largest absolute Gasteiger partial charge is 0.465 e. The second kappa shape index (κ2) is 8.11. The number of amides is 1. The number of rotatable bonds is 7. The van der Waals surface area contributed by atoms with Gasteiger partial charge in [-0.2, -0.15) is 0 Å². The summed E-state index contributed by atoms with van der Waals surface area (Å²) in [5.41, 5.74) is 7.36. The lowest BCUT2D eigenvalue weighted by molar-refractivity contribution is -0.119. The molecule has 1 aromatic carbocycles. The average Bonchev–Trinajstić information content (AvgIpc) is 2.46. The summed E-state index contributed by atoms with van der Waals surface area (Å²) in [6.07, 6.45) is 0. The number of carbonyl (C=O) groups excluding carboxylic acids is 2. The van der Waals surface area contributed by atoms with Crippen LogP contribution in [0, 0.1) is 0 Å². The zero-order chi connectivity index (χ0) is 15.8. The van der Waals surface area contributed by atoms with E-state index < -0.39 is 5.97 Å². The summed E-state index contributed by atoms with van der Waals surface area (Å²) < 4.78 is 9.48. The van der Waals surface area contributed by atoms with Crippen LogP contribution in [0.4, 0.5) is 11.4 Å². The van der Waals surface area contributed by atoms with Crippen molar-refractivity contribution < 1.29 is 19.1 Å². The molecule has 0 atom stereocenters. The highest BCUT2D eigenvalue weighted by Crippen LogP contribution is 2.23. The van der Waals surface area contributed by atoms with E-state index in [2.05, 4.69) is 10.1 Å². The van der Waals surface area contributed by atoms with Gasteiger partial charge in [0.15, 0.2) is 0 Å². The normalized spacial score (nSPS) is 10.0. The van der Waals surface area contributed by atoms with Crippen LogP contribution in [-0.4, -0.2) is 52.8 Å². The van der Waals surface area contributed by atoms with E-state index in [-0.39, 0.29) is 12.5 Å². The molecule has 0 aliphatic rings. The Balaban J connectivity index is 2.68. The number of methoxy groups -OCH3 is 2. The standard InChI is InChI=1S/C14H21N3O4/c1-17(9-13(18)16-6-7-20-2)12-5-4-10(8-11(12)15)14(19)21-3/h4-5,8H,6-7,9,15H2,1-3H3,(H,16,18). The Morgan fingerprint density at radius 2 is 2.05 bits per heavy atom. The molecule has 0 aromatic heterocycles. The molecule has 1 rings (SSSR count). The monoisotopic (exact) mass is 295 g/mol. The average molecular weight is 295 g/mol. The predicted molar refractivity (Wildman–Crippen MR) is 80.3 cm³/mol. The highest BCUT2D eigenvalue weighted by Gasteiger charge is 2.12. The first-order chi connectivity index (χ1) is 9.99. The number of hydrogen-bond donors (Lipinski definition) is 2. The maximum absolute atomic E-state index is 11.7. The van der Waals surface area contributed by atoms with Crippen molar-refractivity contribution in [1.29, 1.82) is 0 Å². The minimum atomic E-state index is -0.451. The number of esters is 1. The summed E-state index contributed by atoms with van der Waals surface area (Å²) in [4.78, 5) is 24.8. The third kappa shape index (κ3) is 4.96. The molecule has 7 nitrogen and oxygen atoms in total. The third-order valence-electron chi connectivity index (χ3n) is 2.87. The lowest BCUT2D eigenvalue weighted by Crippen LogP contribution is -2.36. The van der Waals surface area contributed by atoms with E-state index in [1.54, 1.807) is 31.2 Å². The highest BCUT2D eigenvalue weighted by molar-refractivity contribution is 5.92. The van der Waals surface area contributed by atoms with Crippen molar-refractivity contribution in [2.24, 2.45) is 0 Å². The van der Waals surface area contributed by atoms with Gasteiger partial charge in [-0.3, -0.25) is 4.79 Å². The van der Waals surface area contributed by atoms with Gasteiger partial charge >= 0.3 is 5.97 Å². The molecule has 0 radical (unpaired) electrons. The van der Waals surface area contributed by atoms with Crippen LogP contribution < -0.4 is 16.0 Å². The van der Waals surface area contributed by atoms with Gasteiger partial charge in [-0.05, 0) is 18.2 Å². The number of anilines is 2. The van der Waals surface area contributed by atoms with Crippen LogP contribution in [0.2, 0.25) is 0 Å². The number of nitrogens with zero attached hydrogens (tertiary/aromatic N) is 1. The van der Waals surface area contributed by atoms with Gasteiger partial charge in [0.25, 0.3) is 0 Å². The van der Waals surface area contributed by atoms with Crippen molar-refractivity contribution >= 4 is 23.3 Å². The minimum Gasteiger partial charge on any atom is -0.465 e. The van der Waals surface area contributed by atoms with E-state index in [9.17, 15) is 9.59 Å². The van der Waals surface area contributed by atoms with Gasteiger partial charge in [-0.1, -0.05) is 0 Å². The molecule has 3 N–H and O–H groups in total. The third-order valence-corrected chi connectivity index (χ3v) is 2.87. The van der Waals surface area contributed by atoms with Gasteiger partial charge in [0.2, 0.25) is 5.91 Å². The molecule has 0 unspecified atom stereocenters. The van der Waals surface area contributed by atoms with Gasteiger partial charge in [0.05, 0.1) is 37.2 Å². The number of nitrogen functional groups attached to an aromatic ring is 1. The number of nitrogens with one attached hydrogen (secondary N) is 1. The molecule has 1 aromatic rings. The number of benzene rings is 1. The van der Waals surface area contributed by atoms with E-state index in [0.717, 1.165) is 0 Å². The fourth-order valence-corrected chi connectivity index (χ4v) is 1.80. The number of nitrogens with two attached hydrogens (primary N) is 1. The Kier molecular flexibility index (Phi) is 6.48. The van der Waals surface area contributed by atoms with Crippen LogP contribution in [0.3, 0.4) is 0 Å². The van der Waals surface area contributed by atoms with Crippen LogP contribution in [0.25, 0.3) is 0 Å². The van der Waals surface area contributed by atoms with Crippen LogP contribution in [0.15, 0.2) is 18.2 Å². The van der Waals surface area contributed by atoms with Crippen molar-refractivity contribution in [3.05, 3.63) is 23.8 Å². The second-order valence-corrected chi connectivity index (χ2v) is 4.46. The summed E-state index contributed by atoms with van der Waals surface area (Å²) in [6.45, 7) is 1.08. The molecule has 0 spiro atoms. The highest BCUT2D eigenvalue weighted by atomic mass is 16.5. The van der Waals surface area contributed by atoms with Gasteiger partial charge in [0.1, 0.15) is 0 Å². The summed E-state index contributed by atoms with van der Waals surface area (Å²) in [6, 6.07) is 4.82. The molecular weight excluding hydrogens is 274 g/mol. The SMILES string of the molecule is COCCNC(=O)CN(C)c1ccc(C(=O)OC)cc1N. The first-order valence-corrected chi connectivity index (χ1v) is 6.44. The first kappa shape index (κ1) is 16.8. The van der Waals surface area contributed by atoms with E-state index >= 15 is 0 Å². The van der Waals surface area contributed by atoms with Crippen molar-refractivity contribution in [3.8, 4) is 0 Å². The zero-order valence-corrected chi connectivity index (χ0v) is 12.5. The number of carbonyl (C=O) groups is 2. The van der Waals surface area contributed by atoms with Crippen LogP contribution in [0.5, 0.6) is 0 Å². The number of ether oxygens (including phenoxy) is 2. The van der Waals surface area contributed by atoms with Gasteiger partial charge in [-0.25, -0.2) is 4.79 Å². The Hall–Kier alpha value is -2.28. The molecule has 116 valence electrons. The van der Waals surface area contributed by atoms with Crippen LogP contribution in [0.1, 0.15) is 10.4 Å². The topological polar surface area (TPSA) is 93.9 Å². The summed E-state index contributed by atoms with van der Waals surface area (Å²) in [5.74, 6) is -0.584. The minimum absolute atomic E-state index is 0.133. The summed E-state index contributed by atoms with van der Waals surface area (Å²) in [5, 5.41) is 2.72. The van der Waals surface area contributed by atoms with Gasteiger partial charge < -0.3 is 25.4 Å². The Morgan fingerprint density at radius 1 is 1.33 bits per heavy atom. The smallest absolute Gasteiger partial charge is 0.337 e. The molecule has 0 aliphatic heterocycles. The molecule has 0 aliphatic carbocycles. The zero-order valence-electron chi connectivity index (χ0n) is 12.5. The molecule has 7 heteroatoms. The van der Waals surface area contributed by atoms with E-state index in [1.807, 2.05) is 0 Å². The van der Waals surface area contributed by atoms with Crippen LogP contribution in [-0.2, 0) is 14.3 Å². The van der Waals surface area contributed by atoms with Gasteiger partial charge in [-0.15, -0.1) is 0 Å². The first-order valence-electron chi connectivity index (χ1n) is 6.44. The Labute approximate surface area is 124 Å². The lowest BCUT2D eigenvalue weighted by atomic mass is 10.1. The second-order valence-electron chi connectivity index (χ2n) is 4.46. The molecule has 0 saturated heterocycles. The van der Waals surface area contributed by atoms with Crippen molar-refractivity contribution in [2.45, 2.75) is 0 Å². The quantitative estimate of drug-likeness (QED) is 0.425. The summed E-state index contributed by atoms with van der Waals surface area (Å²) >= 11 is 0. The van der Waals surface area contributed by atoms with E-state index in [1.165, 1.54) is 13.2 Å². The van der Waals surface area contributed by atoms with Crippen molar-refractivity contribution in [1.82, 2.24) is 5.32 Å². The molecule has 0 bridgehead atoms. The molecule has 0 saturated carbocycles. The van der Waals surface area contributed by atoms with E-state index in [4.69, 9.17) is 10.5 Å². The fraction of sp³-hybridized carbons (Fsp3) is 0.429. The van der Waals surface area contributed by atoms with Crippen LogP contribution >= 0.6 is 0 Å². The predicted octanol–water partition coefficient (Wildman–Crippen LogP) is 0.254. The lowest BCUT2D eigenvalue weighted by Gasteiger charge is -2.21. The molecule has 1 amide bonds. The number of likely N-dealkylation sites (N-methyl/N-ethyl adjacent to an activating group) is 1. The Morgan fingerprint density at radius 3 is 2.62 bits per heavy atom. The van der Waals surface area contributed by atoms with Crippen molar-refractivity contribution in [2.75, 3.05) is 51.6 Å². The molecule has 0 fully saturated rings. The van der Waals surface area contributed by atoms with E-state index in [0.29, 0.717) is 30.1 Å². The molecule has 0 heterocycles. The fourth-order valence-electron chi connectivity index (χ4n) is 1.80. The maximum atomic E-state index is 11.7. The molecular formula is C14H21N3O4. The Bertz CT molecular complexity index is 505. The number of hydrogen-bond acceptors (Lipinski definition) is 6.